The standard InChI is InChI=1S/C17H20N2O3/c1-12(2)13-3-5-14(6-4-13)16-15(17(20)22-18-16)11-19-7-9-21-10-8-19/h3-6,11-12H,7-10H2,1-2H3/b15-11-. The maximum absolute atomic E-state index is 11.9. The molecule has 3 rings (SSSR count). The van der Waals surface area contributed by atoms with Gasteiger partial charge in [0.1, 0.15) is 11.3 Å². The van der Waals surface area contributed by atoms with Gasteiger partial charge in [-0.25, -0.2) is 4.79 Å². The number of oxime groups is 1. The van der Waals surface area contributed by atoms with Gasteiger partial charge in [0, 0.05) is 24.9 Å². The maximum atomic E-state index is 11.9. The second-order valence-corrected chi connectivity index (χ2v) is 5.79. The smallest absolute Gasteiger partial charge is 0.369 e. The van der Waals surface area contributed by atoms with Crippen molar-refractivity contribution in [1.82, 2.24) is 4.90 Å². The van der Waals surface area contributed by atoms with Gasteiger partial charge in [0.05, 0.1) is 13.2 Å². The Morgan fingerprint density at radius 1 is 1.18 bits per heavy atom. The molecule has 0 unspecified atom stereocenters. The molecule has 2 aliphatic heterocycles. The van der Waals surface area contributed by atoms with Crippen LogP contribution in [0.1, 0.15) is 30.9 Å². The summed E-state index contributed by atoms with van der Waals surface area (Å²) < 4.78 is 5.32. The summed E-state index contributed by atoms with van der Waals surface area (Å²) >= 11 is 0. The summed E-state index contributed by atoms with van der Waals surface area (Å²) in [5.74, 6) is 0.0789. The average Bonchev–Trinajstić information content (AvgIpc) is 2.89. The number of carbonyl (C=O) groups excluding carboxylic acids is 1. The first-order valence-electron chi connectivity index (χ1n) is 7.59. The zero-order valence-corrected chi connectivity index (χ0v) is 12.9. The molecule has 0 saturated carbocycles. The predicted octanol–water partition coefficient (Wildman–Crippen LogP) is 2.29. The molecule has 22 heavy (non-hydrogen) atoms. The van der Waals surface area contributed by atoms with Crippen LogP contribution in [-0.2, 0) is 14.4 Å². The van der Waals surface area contributed by atoms with Crippen LogP contribution in [-0.4, -0.2) is 42.9 Å². The molecule has 116 valence electrons. The van der Waals surface area contributed by atoms with Gasteiger partial charge >= 0.3 is 5.97 Å². The number of hydrogen-bond donors (Lipinski definition) is 0. The molecule has 1 aromatic rings. The van der Waals surface area contributed by atoms with Crippen LogP contribution >= 0.6 is 0 Å². The molecule has 0 atom stereocenters. The maximum Gasteiger partial charge on any atom is 0.369 e. The Bertz CT molecular complexity index is 611. The number of ether oxygens (including phenoxy) is 1. The molecule has 2 heterocycles. The van der Waals surface area contributed by atoms with Gasteiger partial charge in [-0.2, -0.15) is 0 Å². The van der Waals surface area contributed by atoms with Crippen LogP contribution in [0.3, 0.4) is 0 Å². The average molecular weight is 300 g/mol. The fourth-order valence-corrected chi connectivity index (χ4v) is 2.52. The van der Waals surface area contributed by atoms with Gasteiger partial charge in [-0.1, -0.05) is 43.3 Å². The second kappa shape index (κ2) is 6.32. The second-order valence-electron chi connectivity index (χ2n) is 5.79. The van der Waals surface area contributed by atoms with Crippen LogP contribution in [0.25, 0.3) is 0 Å². The molecule has 0 amide bonds. The molecule has 1 fully saturated rings. The predicted molar refractivity (Wildman–Crippen MR) is 83.6 cm³/mol. The van der Waals surface area contributed by atoms with Crippen LogP contribution in [0, 0.1) is 0 Å². The lowest BCUT2D eigenvalue weighted by Crippen LogP contribution is -2.33. The molecule has 2 aliphatic rings. The van der Waals surface area contributed by atoms with E-state index in [0.29, 0.717) is 30.4 Å². The van der Waals surface area contributed by atoms with E-state index in [1.807, 2.05) is 18.3 Å². The Labute approximate surface area is 130 Å². The number of morpholine rings is 1. The van der Waals surface area contributed by atoms with Crippen molar-refractivity contribution in [3.63, 3.8) is 0 Å². The van der Waals surface area contributed by atoms with E-state index >= 15 is 0 Å². The van der Waals surface area contributed by atoms with Gasteiger partial charge in [-0.15, -0.1) is 0 Å². The Balaban J connectivity index is 1.85. The van der Waals surface area contributed by atoms with Gasteiger partial charge in [0.25, 0.3) is 0 Å². The highest BCUT2D eigenvalue weighted by atomic mass is 16.7. The number of rotatable bonds is 3. The van der Waals surface area contributed by atoms with Crippen molar-refractivity contribution in [2.24, 2.45) is 5.16 Å². The number of benzene rings is 1. The van der Waals surface area contributed by atoms with Gasteiger partial charge in [0.15, 0.2) is 0 Å². The number of nitrogens with zero attached hydrogens (tertiary/aromatic N) is 2. The van der Waals surface area contributed by atoms with Crippen LogP contribution in [0.2, 0.25) is 0 Å². The quantitative estimate of drug-likeness (QED) is 0.635. The lowest BCUT2D eigenvalue weighted by Gasteiger charge is -2.25. The molecular formula is C17H20N2O3. The highest BCUT2D eigenvalue weighted by Gasteiger charge is 2.28. The fraction of sp³-hybridized carbons (Fsp3) is 0.412. The summed E-state index contributed by atoms with van der Waals surface area (Å²) in [6.07, 6.45) is 1.84. The molecule has 5 heteroatoms. The first-order valence-corrected chi connectivity index (χ1v) is 7.59. The first-order chi connectivity index (χ1) is 10.6. The fourth-order valence-electron chi connectivity index (χ4n) is 2.52. The third-order valence-electron chi connectivity index (χ3n) is 3.90. The van der Waals surface area contributed by atoms with E-state index in [0.717, 1.165) is 18.7 Å². The topological polar surface area (TPSA) is 51.1 Å². The van der Waals surface area contributed by atoms with E-state index in [9.17, 15) is 4.79 Å². The molecule has 0 radical (unpaired) electrons. The summed E-state index contributed by atoms with van der Waals surface area (Å²) in [6, 6.07) is 8.11. The van der Waals surface area contributed by atoms with Gasteiger partial charge in [-0.05, 0) is 11.5 Å². The van der Waals surface area contributed by atoms with Crippen molar-refractivity contribution in [1.29, 1.82) is 0 Å². The third-order valence-corrected chi connectivity index (χ3v) is 3.90. The van der Waals surface area contributed by atoms with E-state index in [2.05, 4.69) is 36.0 Å². The van der Waals surface area contributed by atoms with Gasteiger partial charge in [-0.3, -0.25) is 0 Å². The molecule has 0 aliphatic carbocycles. The molecule has 0 N–H and O–H groups in total. The Kier molecular flexibility index (Phi) is 4.24. The van der Waals surface area contributed by atoms with Crippen molar-refractivity contribution in [3.05, 3.63) is 47.2 Å². The third kappa shape index (κ3) is 3.04. The molecule has 1 aromatic carbocycles. The minimum absolute atomic E-state index is 0.394. The van der Waals surface area contributed by atoms with Gasteiger partial charge in [0.2, 0.25) is 0 Å². The zero-order chi connectivity index (χ0) is 15.5. The minimum atomic E-state index is -0.394. The molecule has 0 bridgehead atoms. The molecule has 0 spiro atoms. The van der Waals surface area contributed by atoms with Crippen LogP contribution in [0.4, 0.5) is 0 Å². The van der Waals surface area contributed by atoms with Crippen molar-refractivity contribution in [2.75, 3.05) is 26.3 Å². The lowest BCUT2D eigenvalue weighted by molar-refractivity contribution is -0.137. The van der Waals surface area contributed by atoms with E-state index in [-0.39, 0.29) is 0 Å². The summed E-state index contributed by atoms with van der Waals surface area (Å²) in [7, 11) is 0. The Hall–Kier alpha value is -2.14. The van der Waals surface area contributed by atoms with Crippen molar-refractivity contribution < 1.29 is 14.4 Å². The molecule has 1 saturated heterocycles. The highest BCUT2D eigenvalue weighted by molar-refractivity contribution is 6.28. The Morgan fingerprint density at radius 3 is 2.50 bits per heavy atom. The van der Waals surface area contributed by atoms with Crippen LogP contribution in [0.5, 0.6) is 0 Å². The highest BCUT2D eigenvalue weighted by Crippen LogP contribution is 2.21. The van der Waals surface area contributed by atoms with E-state index in [1.165, 1.54) is 5.56 Å². The summed E-state index contributed by atoms with van der Waals surface area (Å²) in [5.41, 5.74) is 3.27. The summed E-state index contributed by atoms with van der Waals surface area (Å²) in [5, 5.41) is 3.95. The normalized spacial score (nSPS) is 20.5. The van der Waals surface area contributed by atoms with Crippen molar-refractivity contribution in [3.8, 4) is 0 Å². The summed E-state index contributed by atoms with van der Waals surface area (Å²) in [6.45, 7) is 7.20. The number of hydrogen-bond acceptors (Lipinski definition) is 5. The Morgan fingerprint density at radius 2 is 1.86 bits per heavy atom. The first kappa shape index (κ1) is 14.8. The van der Waals surface area contributed by atoms with E-state index in [4.69, 9.17) is 9.57 Å². The van der Waals surface area contributed by atoms with Crippen molar-refractivity contribution in [2.45, 2.75) is 19.8 Å². The molecular weight excluding hydrogens is 280 g/mol. The monoisotopic (exact) mass is 300 g/mol. The summed E-state index contributed by atoms with van der Waals surface area (Å²) in [4.78, 5) is 18.9. The van der Waals surface area contributed by atoms with Crippen molar-refractivity contribution >= 4 is 11.7 Å². The number of carbonyl (C=O) groups is 1. The van der Waals surface area contributed by atoms with Gasteiger partial charge < -0.3 is 14.5 Å². The molecule has 0 aromatic heterocycles. The van der Waals surface area contributed by atoms with E-state index < -0.39 is 5.97 Å². The molecule has 5 nitrogen and oxygen atoms in total. The zero-order valence-electron chi connectivity index (χ0n) is 12.9. The van der Waals surface area contributed by atoms with Crippen LogP contribution in [0.15, 0.2) is 41.2 Å². The lowest BCUT2D eigenvalue weighted by atomic mass is 9.98. The largest absolute Gasteiger partial charge is 0.378 e. The SMILES string of the molecule is CC(C)c1ccc(C2=NOC(=O)/C2=C\N2CCOCC2)cc1. The minimum Gasteiger partial charge on any atom is -0.378 e. The van der Waals surface area contributed by atoms with E-state index in [1.54, 1.807) is 0 Å². The van der Waals surface area contributed by atoms with Crippen LogP contribution < -0.4 is 0 Å².